The number of amides is 1. The SMILES string of the molecule is COc1cc(OC)c(C(=O)OCC(=O)Nc2ncc([N+](=O)[O-])s2)cc1OC. The number of benzene rings is 1. The van der Waals surface area contributed by atoms with Gasteiger partial charge in [0.2, 0.25) is 0 Å². The largest absolute Gasteiger partial charge is 0.496 e. The number of ether oxygens (including phenoxy) is 4. The van der Waals surface area contributed by atoms with Crippen LogP contribution in [-0.2, 0) is 9.53 Å². The minimum absolute atomic E-state index is 0.0199. The predicted octanol–water partition coefficient (Wildman–Crippen LogP) is 1.87. The highest BCUT2D eigenvalue weighted by Crippen LogP contribution is 2.35. The van der Waals surface area contributed by atoms with Crippen LogP contribution in [-0.4, -0.2) is 49.7 Å². The maximum atomic E-state index is 12.3. The van der Waals surface area contributed by atoms with E-state index in [-0.39, 0.29) is 27.2 Å². The van der Waals surface area contributed by atoms with Crippen LogP contribution in [0, 0.1) is 10.1 Å². The summed E-state index contributed by atoms with van der Waals surface area (Å²) < 4.78 is 20.3. The number of carbonyl (C=O) groups excluding carboxylic acids is 2. The van der Waals surface area contributed by atoms with Gasteiger partial charge in [-0.3, -0.25) is 20.2 Å². The summed E-state index contributed by atoms with van der Waals surface area (Å²) in [7, 11) is 4.20. The average Bonchev–Trinajstić information content (AvgIpc) is 3.13. The van der Waals surface area contributed by atoms with Crippen molar-refractivity contribution in [1.29, 1.82) is 0 Å². The molecule has 1 aromatic carbocycles. The van der Waals surface area contributed by atoms with Gasteiger partial charge >= 0.3 is 11.0 Å². The number of nitro groups is 1. The first-order valence-electron chi connectivity index (χ1n) is 7.26. The average molecular weight is 397 g/mol. The molecule has 0 bridgehead atoms. The number of rotatable bonds is 8. The maximum Gasteiger partial charge on any atom is 0.345 e. The van der Waals surface area contributed by atoms with Crippen LogP contribution < -0.4 is 19.5 Å². The lowest BCUT2D eigenvalue weighted by atomic mass is 10.1. The summed E-state index contributed by atoms with van der Waals surface area (Å²) in [5, 5.41) is 12.7. The number of methoxy groups -OCH3 is 3. The van der Waals surface area contributed by atoms with Gasteiger partial charge in [0.1, 0.15) is 17.5 Å². The second kappa shape index (κ2) is 8.80. The molecule has 2 aromatic rings. The molecule has 0 radical (unpaired) electrons. The van der Waals surface area contributed by atoms with Gasteiger partial charge in [0, 0.05) is 12.1 Å². The van der Waals surface area contributed by atoms with Crippen LogP contribution in [0.15, 0.2) is 18.3 Å². The molecule has 2 rings (SSSR count). The van der Waals surface area contributed by atoms with Gasteiger partial charge in [0.05, 0.1) is 26.3 Å². The Morgan fingerprint density at radius 1 is 1.15 bits per heavy atom. The number of esters is 1. The molecule has 0 atom stereocenters. The van der Waals surface area contributed by atoms with E-state index >= 15 is 0 Å². The number of nitrogens with one attached hydrogen (secondary N) is 1. The van der Waals surface area contributed by atoms with E-state index in [4.69, 9.17) is 18.9 Å². The van der Waals surface area contributed by atoms with Crippen LogP contribution in [0.1, 0.15) is 10.4 Å². The Balaban J connectivity index is 2.04. The number of hydrogen-bond donors (Lipinski definition) is 1. The molecule has 1 aromatic heterocycles. The van der Waals surface area contributed by atoms with Gasteiger partial charge in [-0.1, -0.05) is 0 Å². The van der Waals surface area contributed by atoms with Crippen molar-refractivity contribution < 1.29 is 33.5 Å². The fourth-order valence-corrected chi connectivity index (χ4v) is 2.61. The van der Waals surface area contributed by atoms with Crippen LogP contribution in [0.5, 0.6) is 17.2 Å². The molecule has 0 unspecified atom stereocenters. The Kier molecular flexibility index (Phi) is 6.49. The summed E-state index contributed by atoms with van der Waals surface area (Å²) in [6.45, 7) is -0.621. The molecule has 0 saturated carbocycles. The minimum atomic E-state index is -0.826. The zero-order valence-electron chi connectivity index (χ0n) is 14.5. The molecule has 1 amide bonds. The predicted molar refractivity (Wildman–Crippen MR) is 93.8 cm³/mol. The third-order valence-electron chi connectivity index (χ3n) is 3.18. The van der Waals surface area contributed by atoms with Gasteiger partial charge in [-0.05, 0) is 11.3 Å². The molecule has 144 valence electrons. The normalized spacial score (nSPS) is 10.0. The van der Waals surface area contributed by atoms with Crippen molar-refractivity contribution in [2.75, 3.05) is 33.3 Å². The molecule has 0 saturated heterocycles. The van der Waals surface area contributed by atoms with E-state index in [1.54, 1.807) is 0 Å². The second-order valence-corrected chi connectivity index (χ2v) is 5.80. The van der Waals surface area contributed by atoms with Crippen molar-refractivity contribution in [3.8, 4) is 17.2 Å². The van der Waals surface area contributed by atoms with Crippen molar-refractivity contribution in [3.63, 3.8) is 0 Å². The van der Waals surface area contributed by atoms with E-state index in [1.165, 1.54) is 33.5 Å². The third-order valence-corrected chi connectivity index (χ3v) is 4.04. The van der Waals surface area contributed by atoms with Gasteiger partial charge in [0.25, 0.3) is 5.91 Å². The third kappa shape index (κ3) is 4.82. The van der Waals surface area contributed by atoms with E-state index in [9.17, 15) is 19.7 Å². The standard InChI is InChI=1S/C15H15N3O8S/c1-23-9-5-11(25-3)10(24-2)4-8(9)14(20)26-7-12(19)17-15-16-6-13(27-15)18(21)22/h4-6H,7H2,1-3H3,(H,16,17,19). The zero-order chi connectivity index (χ0) is 20.0. The summed E-state index contributed by atoms with van der Waals surface area (Å²) in [5.41, 5.74) is 0.0350. The van der Waals surface area contributed by atoms with E-state index in [0.717, 1.165) is 6.20 Å². The summed E-state index contributed by atoms with van der Waals surface area (Å²) >= 11 is 0.682. The first-order valence-corrected chi connectivity index (χ1v) is 8.08. The van der Waals surface area contributed by atoms with Crippen molar-refractivity contribution in [2.45, 2.75) is 0 Å². The summed E-state index contributed by atoms with van der Waals surface area (Å²) in [6.07, 6.45) is 1.01. The second-order valence-electron chi connectivity index (χ2n) is 4.79. The Hall–Kier alpha value is -3.41. The van der Waals surface area contributed by atoms with Gasteiger partial charge in [0.15, 0.2) is 23.2 Å². The molecule has 0 aliphatic carbocycles. The molecule has 1 heterocycles. The molecule has 0 fully saturated rings. The van der Waals surface area contributed by atoms with Crippen molar-refractivity contribution in [3.05, 3.63) is 34.0 Å². The van der Waals surface area contributed by atoms with Crippen LogP contribution in [0.3, 0.4) is 0 Å². The molecule has 0 aliphatic heterocycles. The topological polar surface area (TPSA) is 139 Å². The lowest BCUT2D eigenvalue weighted by molar-refractivity contribution is -0.380. The number of carbonyl (C=O) groups is 2. The minimum Gasteiger partial charge on any atom is -0.496 e. The monoisotopic (exact) mass is 397 g/mol. The first kappa shape index (κ1) is 19.9. The lowest BCUT2D eigenvalue weighted by Crippen LogP contribution is -2.21. The number of hydrogen-bond acceptors (Lipinski definition) is 10. The smallest absolute Gasteiger partial charge is 0.345 e. The first-order chi connectivity index (χ1) is 12.9. The van der Waals surface area contributed by atoms with Gasteiger partial charge < -0.3 is 18.9 Å². The maximum absolute atomic E-state index is 12.3. The van der Waals surface area contributed by atoms with E-state index in [2.05, 4.69) is 10.3 Å². The number of aromatic nitrogens is 1. The van der Waals surface area contributed by atoms with Crippen molar-refractivity contribution in [2.24, 2.45) is 0 Å². The highest BCUT2D eigenvalue weighted by molar-refractivity contribution is 7.18. The number of nitrogens with zero attached hydrogens (tertiary/aromatic N) is 2. The van der Waals surface area contributed by atoms with Crippen LogP contribution in [0.2, 0.25) is 0 Å². The summed E-state index contributed by atoms with van der Waals surface area (Å²) in [6, 6.07) is 2.81. The molecule has 0 aliphatic rings. The quantitative estimate of drug-likeness (QED) is 0.401. The Labute approximate surface area is 157 Å². The lowest BCUT2D eigenvalue weighted by Gasteiger charge is -2.13. The molecule has 0 spiro atoms. The van der Waals surface area contributed by atoms with Crippen LogP contribution in [0.4, 0.5) is 10.1 Å². The van der Waals surface area contributed by atoms with Gasteiger partial charge in [-0.2, -0.15) is 0 Å². The summed E-state index contributed by atoms with van der Waals surface area (Å²) in [5.74, 6) is -0.715. The Morgan fingerprint density at radius 2 is 1.78 bits per heavy atom. The van der Waals surface area contributed by atoms with Crippen LogP contribution in [0.25, 0.3) is 0 Å². The van der Waals surface area contributed by atoms with E-state index in [0.29, 0.717) is 17.1 Å². The number of thiazole rings is 1. The molecular formula is C15H15N3O8S. The van der Waals surface area contributed by atoms with Crippen molar-refractivity contribution >= 4 is 33.3 Å². The Bertz CT molecular complexity index is 867. The molecule has 27 heavy (non-hydrogen) atoms. The molecule has 12 heteroatoms. The fraction of sp³-hybridized carbons (Fsp3) is 0.267. The van der Waals surface area contributed by atoms with Gasteiger partial charge in [-0.15, -0.1) is 0 Å². The van der Waals surface area contributed by atoms with Crippen molar-refractivity contribution in [1.82, 2.24) is 4.98 Å². The Morgan fingerprint density at radius 3 is 2.33 bits per heavy atom. The highest BCUT2D eigenvalue weighted by atomic mass is 32.1. The number of anilines is 1. The fourth-order valence-electron chi connectivity index (χ4n) is 1.96. The highest BCUT2D eigenvalue weighted by Gasteiger charge is 2.20. The molecule has 1 N–H and O–H groups in total. The van der Waals surface area contributed by atoms with E-state index in [1.807, 2.05) is 0 Å². The van der Waals surface area contributed by atoms with Gasteiger partial charge in [-0.25, -0.2) is 9.78 Å². The summed E-state index contributed by atoms with van der Waals surface area (Å²) in [4.78, 5) is 37.8. The molecule has 11 nitrogen and oxygen atoms in total. The van der Waals surface area contributed by atoms with E-state index < -0.39 is 23.4 Å². The molecular weight excluding hydrogens is 382 g/mol. The zero-order valence-corrected chi connectivity index (χ0v) is 15.3. The van der Waals surface area contributed by atoms with Crippen LogP contribution >= 0.6 is 11.3 Å².